The quantitative estimate of drug-likeness (QED) is 0.452. The third-order valence-corrected chi connectivity index (χ3v) is 4.66. The number of guanidine groups is 1. The number of benzene rings is 1. The lowest BCUT2D eigenvalue weighted by Gasteiger charge is -2.33. The molecule has 7 heteroatoms. The molecule has 148 valence electrons. The summed E-state index contributed by atoms with van der Waals surface area (Å²) in [6.07, 6.45) is 2.38. The van der Waals surface area contributed by atoms with E-state index in [0.29, 0.717) is 19.0 Å². The number of anilines is 1. The molecule has 1 amide bonds. The van der Waals surface area contributed by atoms with Crippen LogP contribution >= 0.6 is 0 Å². The third kappa shape index (κ3) is 6.27. The minimum Gasteiger partial charge on any atom is -0.469 e. The Kier molecular flexibility index (Phi) is 8.10. The average molecular weight is 374 g/mol. The van der Waals surface area contributed by atoms with Gasteiger partial charge in [0.05, 0.1) is 13.0 Å². The highest BCUT2D eigenvalue weighted by atomic mass is 16.5. The second kappa shape index (κ2) is 10.5. The first-order valence-electron chi connectivity index (χ1n) is 9.57. The van der Waals surface area contributed by atoms with Crippen molar-refractivity contribution in [3.8, 4) is 0 Å². The van der Waals surface area contributed by atoms with E-state index in [-0.39, 0.29) is 24.3 Å². The number of aryl methyl sites for hydroxylation is 1. The Morgan fingerprint density at radius 2 is 2.00 bits per heavy atom. The van der Waals surface area contributed by atoms with Gasteiger partial charge in [-0.3, -0.25) is 9.59 Å². The minimum absolute atomic E-state index is 0.0512. The van der Waals surface area contributed by atoms with Crippen molar-refractivity contribution in [3.63, 3.8) is 0 Å². The van der Waals surface area contributed by atoms with E-state index in [1.807, 2.05) is 31.2 Å². The van der Waals surface area contributed by atoms with Gasteiger partial charge in [0.1, 0.15) is 6.54 Å². The van der Waals surface area contributed by atoms with Crippen molar-refractivity contribution in [1.82, 2.24) is 10.2 Å². The number of amides is 1. The Morgan fingerprint density at radius 1 is 1.26 bits per heavy atom. The van der Waals surface area contributed by atoms with E-state index in [1.54, 1.807) is 0 Å². The fourth-order valence-electron chi connectivity index (χ4n) is 3.14. The first-order valence-corrected chi connectivity index (χ1v) is 9.57. The number of carbonyl (C=O) groups is 2. The van der Waals surface area contributed by atoms with E-state index in [1.165, 1.54) is 12.7 Å². The van der Waals surface area contributed by atoms with Crippen LogP contribution in [0.15, 0.2) is 29.3 Å². The van der Waals surface area contributed by atoms with E-state index < -0.39 is 0 Å². The van der Waals surface area contributed by atoms with Crippen LogP contribution in [-0.4, -0.2) is 56.0 Å². The second-order valence-corrected chi connectivity index (χ2v) is 6.56. The maximum absolute atomic E-state index is 12.3. The fraction of sp³-hybridized carbons (Fsp3) is 0.550. The number of nitrogens with one attached hydrogen (secondary N) is 2. The molecule has 0 bridgehead atoms. The number of hydrogen-bond donors (Lipinski definition) is 2. The molecule has 27 heavy (non-hydrogen) atoms. The van der Waals surface area contributed by atoms with Crippen molar-refractivity contribution in [2.75, 3.05) is 38.6 Å². The number of methoxy groups -OCH3 is 1. The van der Waals surface area contributed by atoms with E-state index in [4.69, 9.17) is 4.74 Å². The molecule has 0 saturated carbocycles. The number of aliphatic imine (C=N–C) groups is 1. The smallest absolute Gasteiger partial charge is 0.308 e. The van der Waals surface area contributed by atoms with Gasteiger partial charge in [0.25, 0.3) is 0 Å². The maximum Gasteiger partial charge on any atom is 0.308 e. The summed E-state index contributed by atoms with van der Waals surface area (Å²) in [5.74, 6) is 0.356. The molecule has 0 aromatic heterocycles. The van der Waals surface area contributed by atoms with Crippen LogP contribution in [0.4, 0.5) is 5.69 Å². The van der Waals surface area contributed by atoms with E-state index in [9.17, 15) is 9.59 Å². The van der Waals surface area contributed by atoms with Gasteiger partial charge in [0, 0.05) is 25.3 Å². The van der Waals surface area contributed by atoms with Crippen LogP contribution in [0, 0.1) is 5.92 Å². The number of piperidine rings is 1. The summed E-state index contributed by atoms with van der Waals surface area (Å²) in [6.45, 7) is 6.27. The Labute approximate surface area is 161 Å². The fourth-order valence-corrected chi connectivity index (χ4v) is 3.14. The zero-order valence-corrected chi connectivity index (χ0v) is 16.5. The summed E-state index contributed by atoms with van der Waals surface area (Å²) < 4.78 is 4.83. The zero-order valence-electron chi connectivity index (χ0n) is 16.5. The molecule has 0 radical (unpaired) electrons. The van der Waals surface area contributed by atoms with Gasteiger partial charge in [-0.2, -0.15) is 0 Å². The molecule has 2 rings (SSSR count). The number of likely N-dealkylation sites (tertiary alicyclic amines) is 1. The van der Waals surface area contributed by atoms with Crippen molar-refractivity contribution in [3.05, 3.63) is 29.8 Å². The largest absolute Gasteiger partial charge is 0.469 e. The Balaban J connectivity index is 1.92. The van der Waals surface area contributed by atoms with Gasteiger partial charge in [-0.15, -0.1) is 0 Å². The maximum atomic E-state index is 12.3. The van der Waals surface area contributed by atoms with Gasteiger partial charge in [-0.25, -0.2) is 4.99 Å². The summed E-state index contributed by atoms with van der Waals surface area (Å²) in [5.41, 5.74) is 1.97. The Bertz CT molecular complexity index is 667. The van der Waals surface area contributed by atoms with Crippen molar-refractivity contribution in [2.24, 2.45) is 10.9 Å². The van der Waals surface area contributed by atoms with Crippen LogP contribution in [0.1, 0.15) is 32.3 Å². The molecule has 2 N–H and O–H groups in total. The van der Waals surface area contributed by atoms with Gasteiger partial charge in [0.15, 0.2) is 5.96 Å². The summed E-state index contributed by atoms with van der Waals surface area (Å²) in [7, 11) is 1.43. The van der Waals surface area contributed by atoms with Gasteiger partial charge in [-0.1, -0.05) is 19.1 Å². The van der Waals surface area contributed by atoms with Crippen molar-refractivity contribution in [2.45, 2.75) is 33.1 Å². The van der Waals surface area contributed by atoms with Crippen LogP contribution in [0.3, 0.4) is 0 Å². The number of esters is 1. The minimum atomic E-state index is -0.150. The lowest BCUT2D eigenvalue weighted by Crippen LogP contribution is -2.47. The topological polar surface area (TPSA) is 83.0 Å². The highest BCUT2D eigenvalue weighted by Crippen LogP contribution is 2.18. The lowest BCUT2D eigenvalue weighted by atomic mass is 9.97. The molecule has 0 aliphatic carbocycles. The summed E-state index contributed by atoms with van der Waals surface area (Å²) in [4.78, 5) is 30.5. The zero-order chi connectivity index (χ0) is 19.6. The number of carbonyl (C=O) groups excluding carboxylic acids is 2. The van der Waals surface area contributed by atoms with Gasteiger partial charge < -0.3 is 20.3 Å². The molecule has 1 saturated heterocycles. The first-order chi connectivity index (χ1) is 13.1. The average Bonchev–Trinajstić information content (AvgIpc) is 2.70. The monoisotopic (exact) mass is 374 g/mol. The number of rotatable bonds is 6. The molecule has 0 atom stereocenters. The van der Waals surface area contributed by atoms with E-state index in [2.05, 4.69) is 27.4 Å². The molecule has 0 spiro atoms. The van der Waals surface area contributed by atoms with Gasteiger partial charge in [0.2, 0.25) is 5.91 Å². The third-order valence-electron chi connectivity index (χ3n) is 4.66. The van der Waals surface area contributed by atoms with Crippen molar-refractivity contribution < 1.29 is 14.3 Å². The summed E-state index contributed by atoms with van der Waals surface area (Å²) in [5, 5.41) is 6.12. The Morgan fingerprint density at radius 3 is 2.63 bits per heavy atom. The first kappa shape index (κ1) is 20.7. The standard InChI is InChI=1S/C20H30N4O3/c1-4-15-7-6-8-17(13-15)23-18(25)14-22-20(21-5-2)24-11-9-16(10-12-24)19(26)27-3/h6-8,13,16H,4-5,9-12,14H2,1-3H3,(H,21,22)(H,23,25). The molecule has 1 heterocycles. The van der Waals surface area contributed by atoms with Crippen molar-refractivity contribution in [1.29, 1.82) is 0 Å². The SMILES string of the molecule is CCNC(=NCC(=O)Nc1cccc(CC)c1)N1CCC(C(=O)OC)CC1. The molecule has 1 aromatic rings. The van der Waals surface area contributed by atoms with Crippen LogP contribution in [-0.2, 0) is 20.7 Å². The highest BCUT2D eigenvalue weighted by Gasteiger charge is 2.27. The highest BCUT2D eigenvalue weighted by molar-refractivity contribution is 5.94. The number of hydrogen-bond acceptors (Lipinski definition) is 4. The van der Waals surface area contributed by atoms with Crippen molar-refractivity contribution >= 4 is 23.5 Å². The second-order valence-electron chi connectivity index (χ2n) is 6.56. The molecule has 1 aromatic carbocycles. The molecule has 7 nitrogen and oxygen atoms in total. The molecule has 1 aliphatic rings. The number of ether oxygens (including phenoxy) is 1. The predicted molar refractivity (Wildman–Crippen MR) is 107 cm³/mol. The van der Waals surface area contributed by atoms with Gasteiger partial charge >= 0.3 is 5.97 Å². The van der Waals surface area contributed by atoms with E-state index in [0.717, 1.165) is 31.5 Å². The molecule has 1 fully saturated rings. The molecular weight excluding hydrogens is 344 g/mol. The predicted octanol–water partition coefficient (Wildman–Crippen LogP) is 2.04. The molecule has 1 aliphatic heterocycles. The van der Waals surface area contributed by atoms with E-state index >= 15 is 0 Å². The Hall–Kier alpha value is -2.57. The normalized spacial score (nSPS) is 15.4. The summed E-state index contributed by atoms with van der Waals surface area (Å²) >= 11 is 0. The van der Waals surface area contributed by atoms with Crippen LogP contribution < -0.4 is 10.6 Å². The van der Waals surface area contributed by atoms with Crippen LogP contribution in [0.5, 0.6) is 0 Å². The number of nitrogens with zero attached hydrogens (tertiary/aromatic N) is 2. The molecular formula is C20H30N4O3. The van der Waals surface area contributed by atoms with Crippen LogP contribution in [0.25, 0.3) is 0 Å². The lowest BCUT2D eigenvalue weighted by molar-refractivity contribution is -0.146. The summed E-state index contributed by atoms with van der Waals surface area (Å²) in [6, 6.07) is 7.83. The van der Waals surface area contributed by atoms with Gasteiger partial charge in [-0.05, 0) is 43.9 Å². The molecule has 0 unspecified atom stereocenters. The van der Waals surface area contributed by atoms with Crippen LogP contribution in [0.2, 0.25) is 0 Å².